The average Bonchev–Trinajstić information content (AvgIpc) is 3.03. The number of fused-ring (bicyclic) bond motifs is 1. The Kier molecular flexibility index (Phi) is 4.91. The number of carbonyl (C=O) groups excluding carboxylic acids is 1. The van der Waals surface area contributed by atoms with Gasteiger partial charge in [0.1, 0.15) is 11.9 Å². The van der Waals surface area contributed by atoms with E-state index in [1.165, 1.54) is 17.6 Å². The van der Waals surface area contributed by atoms with Crippen LogP contribution in [0.3, 0.4) is 0 Å². The fourth-order valence-electron chi connectivity index (χ4n) is 2.67. The van der Waals surface area contributed by atoms with Crippen LogP contribution in [0.25, 0.3) is 0 Å². The van der Waals surface area contributed by atoms with Crippen LogP contribution in [-0.4, -0.2) is 24.9 Å². The first-order valence-electron chi connectivity index (χ1n) is 7.73. The zero-order valence-corrected chi connectivity index (χ0v) is 14.1. The molecule has 0 amide bonds. The minimum absolute atomic E-state index is 0.161. The highest BCUT2D eigenvalue weighted by Gasteiger charge is 2.28. The summed E-state index contributed by atoms with van der Waals surface area (Å²) in [6.07, 6.45) is 1.06. The SMILES string of the molecule is COC(=O)c1ccc2c(c1)OC(C(C)CSc1ccccc1)C2. The van der Waals surface area contributed by atoms with E-state index in [2.05, 4.69) is 31.2 Å². The molecule has 120 valence electrons. The number of rotatable bonds is 5. The number of benzene rings is 2. The van der Waals surface area contributed by atoms with Gasteiger partial charge in [0.05, 0.1) is 12.7 Å². The van der Waals surface area contributed by atoms with E-state index in [-0.39, 0.29) is 12.1 Å². The molecule has 0 spiro atoms. The van der Waals surface area contributed by atoms with Crippen LogP contribution in [0.1, 0.15) is 22.8 Å². The lowest BCUT2D eigenvalue weighted by atomic mass is 10.0. The summed E-state index contributed by atoms with van der Waals surface area (Å²) < 4.78 is 10.8. The fraction of sp³-hybridized carbons (Fsp3) is 0.316. The van der Waals surface area contributed by atoms with Gasteiger partial charge in [0.15, 0.2) is 0 Å². The highest BCUT2D eigenvalue weighted by Crippen LogP contribution is 2.34. The molecule has 0 bridgehead atoms. The second kappa shape index (κ2) is 7.09. The van der Waals surface area contributed by atoms with Gasteiger partial charge in [0.25, 0.3) is 0 Å². The Balaban J connectivity index is 1.61. The van der Waals surface area contributed by atoms with Gasteiger partial charge in [-0.05, 0) is 29.8 Å². The van der Waals surface area contributed by atoms with Crippen molar-refractivity contribution in [3.63, 3.8) is 0 Å². The van der Waals surface area contributed by atoms with Gasteiger partial charge in [-0.1, -0.05) is 31.2 Å². The third kappa shape index (κ3) is 3.70. The summed E-state index contributed by atoms with van der Waals surface area (Å²) in [5.41, 5.74) is 1.71. The highest BCUT2D eigenvalue weighted by molar-refractivity contribution is 7.99. The van der Waals surface area contributed by atoms with Crippen LogP contribution in [0.5, 0.6) is 5.75 Å². The number of hydrogen-bond donors (Lipinski definition) is 0. The van der Waals surface area contributed by atoms with Crippen LogP contribution < -0.4 is 4.74 Å². The van der Waals surface area contributed by atoms with E-state index in [0.29, 0.717) is 11.5 Å². The summed E-state index contributed by atoms with van der Waals surface area (Å²) in [4.78, 5) is 12.9. The van der Waals surface area contributed by atoms with Gasteiger partial charge in [-0.15, -0.1) is 11.8 Å². The van der Waals surface area contributed by atoms with E-state index < -0.39 is 0 Å². The number of thioether (sulfide) groups is 1. The molecule has 1 aliphatic rings. The van der Waals surface area contributed by atoms with E-state index in [1.54, 1.807) is 12.1 Å². The summed E-state index contributed by atoms with van der Waals surface area (Å²) in [5.74, 6) is 1.92. The number of carbonyl (C=O) groups is 1. The molecule has 0 radical (unpaired) electrons. The molecule has 0 aliphatic carbocycles. The largest absolute Gasteiger partial charge is 0.489 e. The van der Waals surface area contributed by atoms with Crippen LogP contribution in [0.15, 0.2) is 53.4 Å². The Labute approximate surface area is 141 Å². The molecule has 0 saturated heterocycles. The van der Waals surface area contributed by atoms with Crippen molar-refractivity contribution in [2.24, 2.45) is 5.92 Å². The van der Waals surface area contributed by atoms with Crippen LogP contribution in [0, 0.1) is 5.92 Å². The Morgan fingerprint density at radius 3 is 2.83 bits per heavy atom. The summed E-state index contributed by atoms with van der Waals surface area (Å²) >= 11 is 1.85. The van der Waals surface area contributed by atoms with Crippen molar-refractivity contribution in [2.75, 3.05) is 12.9 Å². The van der Waals surface area contributed by atoms with Crippen LogP contribution in [0.2, 0.25) is 0 Å². The smallest absolute Gasteiger partial charge is 0.337 e. The minimum Gasteiger partial charge on any atom is -0.489 e. The maximum atomic E-state index is 11.6. The van der Waals surface area contributed by atoms with E-state index in [0.717, 1.165) is 17.9 Å². The van der Waals surface area contributed by atoms with Crippen molar-refractivity contribution >= 4 is 17.7 Å². The Hall–Kier alpha value is -1.94. The quantitative estimate of drug-likeness (QED) is 0.608. The molecule has 2 atom stereocenters. The van der Waals surface area contributed by atoms with Crippen molar-refractivity contribution < 1.29 is 14.3 Å². The van der Waals surface area contributed by atoms with Crippen molar-refractivity contribution in [1.29, 1.82) is 0 Å². The zero-order chi connectivity index (χ0) is 16.2. The third-order valence-corrected chi connectivity index (χ3v) is 5.38. The average molecular weight is 328 g/mol. The molecule has 1 heterocycles. The van der Waals surface area contributed by atoms with Gasteiger partial charge in [-0.3, -0.25) is 0 Å². The first-order chi connectivity index (χ1) is 11.2. The van der Waals surface area contributed by atoms with Gasteiger partial charge in [-0.2, -0.15) is 0 Å². The summed E-state index contributed by atoms with van der Waals surface area (Å²) in [7, 11) is 1.39. The fourth-order valence-corrected chi connectivity index (χ4v) is 3.69. The minimum atomic E-state index is -0.326. The predicted octanol–water partition coefficient (Wildman–Crippen LogP) is 4.21. The standard InChI is InChI=1S/C19H20O3S/c1-13(12-23-16-6-4-3-5-7-16)17-10-14-8-9-15(19(20)21-2)11-18(14)22-17/h3-9,11,13,17H,10,12H2,1-2H3. The monoisotopic (exact) mass is 328 g/mol. The number of hydrogen-bond acceptors (Lipinski definition) is 4. The van der Waals surface area contributed by atoms with Gasteiger partial charge >= 0.3 is 5.97 Å². The molecular weight excluding hydrogens is 308 g/mol. The second-order valence-corrected chi connectivity index (χ2v) is 6.87. The van der Waals surface area contributed by atoms with Crippen molar-refractivity contribution in [3.05, 3.63) is 59.7 Å². The molecule has 0 saturated carbocycles. The lowest BCUT2D eigenvalue weighted by Crippen LogP contribution is -2.24. The molecule has 0 fully saturated rings. The number of methoxy groups -OCH3 is 1. The van der Waals surface area contributed by atoms with Crippen LogP contribution in [-0.2, 0) is 11.2 Å². The predicted molar refractivity (Wildman–Crippen MR) is 92.2 cm³/mol. The molecule has 3 rings (SSSR count). The number of ether oxygens (including phenoxy) is 2. The van der Waals surface area contributed by atoms with Gasteiger partial charge in [0, 0.05) is 23.0 Å². The maximum absolute atomic E-state index is 11.6. The van der Waals surface area contributed by atoms with Gasteiger partial charge < -0.3 is 9.47 Å². The molecule has 3 nitrogen and oxygen atoms in total. The normalized spacial score (nSPS) is 17.2. The van der Waals surface area contributed by atoms with E-state index in [1.807, 2.05) is 23.9 Å². The first kappa shape index (κ1) is 15.9. The van der Waals surface area contributed by atoms with Crippen molar-refractivity contribution in [1.82, 2.24) is 0 Å². The Morgan fingerprint density at radius 1 is 1.30 bits per heavy atom. The summed E-state index contributed by atoms with van der Waals surface area (Å²) in [6.45, 7) is 2.22. The maximum Gasteiger partial charge on any atom is 0.337 e. The Bertz CT molecular complexity index is 684. The van der Waals surface area contributed by atoms with Gasteiger partial charge in [-0.25, -0.2) is 4.79 Å². The molecule has 4 heteroatoms. The van der Waals surface area contributed by atoms with Crippen LogP contribution in [0.4, 0.5) is 0 Å². The third-order valence-electron chi connectivity index (χ3n) is 4.08. The molecule has 2 unspecified atom stereocenters. The number of esters is 1. The van der Waals surface area contributed by atoms with Crippen molar-refractivity contribution in [2.45, 2.75) is 24.3 Å². The summed E-state index contributed by atoms with van der Waals surface area (Å²) in [6, 6.07) is 16.0. The molecular formula is C19H20O3S. The van der Waals surface area contributed by atoms with Crippen LogP contribution >= 0.6 is 11.8 Å². The molecule has 2 aromatic carbocycles. The molecule has 0 aromatic heterocycles. The summed E-state index contributed by atoms with van der Waals surface area (Å²) in [5, 5.41) is 0. The van der Waals surface area contributed by atoms with Gasteiger partial charge in [0.2, 0.25) is 0 Å². The molecule has 23 heavy (non-hydrogen) atoms. The first-order valence-corrected chi connectivity index (χ1v) is 8.71. The zero-order valence-electron chi connectivity index (χ0n) is 13.3. The van der Waals surface area contributed by atoms with E-state index in [9.17, 15) is 4.79 Å². The molecule has 2 aromatic rings. The Morgan fingerprint density at radius 2 is 2.09 bits per heavy atom. The lowest BCUT2D eigenvalue weighted by molar-refractivity contribution is 0.0600. The van der Waals surface area contributed by atoms with Crippen molar-refractivity contribution in [3.8, 4) is 5.75 Å². The van der Waals surface area contributed by atoms with E-state index >= 15 is 0 Å². The topological polar surface area (TPSA) is 35.5 Å². The molecule has 1 aliphatic heterocycles. The second-order valence-electron chi connectivity index (χ2n) is 5.78. The van der Waals surface area contributed by atoms with E-state index in [4.69, 9.17) is 9.47 Å². The lowest BCUT2D eigenvalue weighted by Gasteiger charge is -2.18. The molecule has 0 N–H and O–H groups in total. The highest BCUT2D eigenvalue weighted by atomic mass is 32.2.